The van der Waals surface area contributed by atoms with Gasteiger partial charge in [0.2, 0.25) is 0 Å². The lowest BCUT2D eigenvalue weighted by Gasteiger charge is -2.10. The number of fused-ring (bicyclic) bond motifs is 1. The maximum atomic E-state index is 11.8. The summed E-state index contributed by atoms with van der Waals surface area (Å²) < 4.78 is 0. The molecule has 17 heavy (non-hydrogen) atoms. The summed E-state index contributed by atoms with van der Waals surface area (Å²) in [7, 11) is 0. The van der Waals surface area contributed by atoms with Gasteiger partial charge in [0.25, 0.3) is 5.91 Å². The van der Waals surface area contributed by atoms with E-state index in [9.17, 15) is 4.79 Å². The fourth-order valence-electron chi connectivity index (χ4n) is 1.90. The van der Waals surface area contributed by atoms with Crippen LogP contribution in [0.25, 0.3) is 0 Å². The lowest BCUT2D eigenvalue weighted by Crippen LogP contribution is -2.11. The Bertz CT molecular complexity index is 579. The molecule has 1 amide bonds. The second-order valence-corrected chi connectivity index (χ2v) is 5.17. The van der Waals surface area contributed by atoms with Crippen LogP contribution in [0, 0.1) is 6.92 Å². The predicted octanol–water partition coefficient (Wildman–Crippen LogP) is 2.88. The smallest absolute Gasteiger partial charge is 0.267 e. The van der Waals surface area contributed by atoms with Crippen LogP contribution in [0.5, 0.6) is 0 Å². The second-order valence-electron chi connectivity index (χ2n) is 4.11. The second kappa shape index (κ2) is 4.00. The number of dihydropyridines is 1. The number of aryl methyl sites for hydroxylation is 1. The molecule has 0 atom stereocenters. The van der Waals surface area contributed by atoms with Gasteiger partial charge in [0.15, 0.2) is 0 Å². The third-order valence-corrected chi connectivity index (χ3v) is 3.84. The molecule has 0 radical (unpaired) electrons. The molecule has 0 saturated carbocycles. The van der Waals surface area contributed by atoms with Crippen molar-refractivity contribution in [3.63, 3.8) is 0 Å². The van der Waals surface area contributed by atoms with Crippen molar-refractivity contribution in [2.45, 2.75) is 6.92 Å². The highest BCUT2D eigenvalue weighted by atomic mass is 32.2. The quantitative estimate of drug-likeness (QED) is 0.756. The molecule has 0 N–H and O–H groups in total. The van der Waals surface area contributed by atoms with Crippen LogP contribution in [0.15, 0.2) is 51.9 Å². The van der Waals surface area contributed by atoms with E-state index in [1.807, 2.05) is 43.3 Å². The van der Waals surface area contributed by atoms with E-state index < -0.39 is 0 Å². The molecular formula is C14H11NOS. The standard InChI is InChI=1S/C14H11NOS/c1-9-2-4-10(5-3-9)12-8-13-11(6-7-17-13)14(16)15-12/h2-6,8H,7H2,1H3. The van der Waals surface area contributed by atoms with Crippen LogP contribution in [-0.2, 0) is 4.79 Å². The van der Waals surface area contributed by atoms with E-state index in [1.165, 1.54) is 5.56 Å². The summed E-state index contributed by atoms with van der Waals surface area (Å²) in [5.41, 5.74) is 3.75. The summed E-state index contributed by atoms with van der Waals surface area (Å²) in [6, 6.07) is 8.08. The van der Waals surface area contributed by atoms with Crippen LogP contribution < -0.4 is 0 Å². The minimum absolute atomic E-state index is 0.108. The third-order valence-electron chi connectivity index (χ3n) is 2.86. The number of benzene rings is 1. The molecule has 1 aromatic carbocycles. The highest BCUT2D eigenvalue weighted by molar-refractivity contribution is 8.03. The Balaban J connectivity index is 2.03. The molecule has 1 aromatic rings. The summed E-state index contributed by atoms with van der Waals surface area (Å²) in [6.45, 7) is 2.05. The van der Waals surface area contributed by atoms with Crippen molar-refractivity contribution in [3.05, 3.63) is 58.0 Å². The molecule has 0 saturated heterocycles. The van der Waals surface area contributed by atoms with Gasteiger partial charge in [-0.15, -0.1) is 11.8 Å². The fraction of sp³-hybridized carbons (Fsp3) is 0.143. The molecule has 0 spiro atoms. The molecule has 3 rings (SSSR count). The van der Waals surface area contributed by atoms with E-state index in [0.29, 0.717) is 0 Å². The van der Waals surface area contributed by atoms with Crippen LogP contribution in [0.2, 0.25) is 0 Å². The van der Waals surface area contributed by atoms with Crippen molar-refractivity contribution in [2.24, 2.45) is 4.99 Å². The lowest BCUT2D eigenvalue weighted by atomic mass is 10.0. The Morgan fingerprint density at radius 2 is 2.00 bits per heavy atom. The van der Waals surface area contributed by atoms with Crippen molar-refractivity contribution in [3.8, 4) is 0 Å². The van der Waals surface area contributed by atoms with Crippen LogP contribution in [0.4, 0.5) is 0 Å². The van der Waals surface area contributed by atoms with Crippen molar-refractivity contribution in [1.82, 2.24) is 0 Å². The molecule has 2 aliphatic rings. The van der Waals surface area contributed by atoms with Gasteiger partial charge in [0, 0.05) is 16.2 Å². The lowest BCUT2D eigenvalue weighted by molar-refractivity contribution is -0.114. The molecule has 3 heteroatoms. The highest BCUT2D eigenvalue weighted by Crippen LogP contribution is 2.34. The number of nitrogens with zero attached hydrogens (tertiary/aromatic N) is 1. The first-order valence-electron chi connectivity index (χ1n) is 5.49. The Labute approximate surface area is 104 Å². The average molecular weight is 241 g/mol. The van der Waals surface area contributed by atoms with Gasteiger partial charge in [-0.05, 0) is 13.0 Å². The predicted molar refractivity (Wildman–Crippen MR) is 71.3 cm³/mol. The number of amides is 1. The van der Waals surface area contributed by atoms with E-state index in [0.717, 1.165) is 27.5 Å². The first-order chi connectivity index (χ1) is 8.24. The van der Waals surface area contributed by atoms with Gasteiger partial charge in [-0.3, -0.25) is 4.79 Å². The molecule has 0 unspecified atom stereocenters. The largest absolute Gasteiger partial charge is 0.278 e. The average Bonchev–Trinajstić information content (AvgIpc) is 2.78. The van der Waals surface area contributed by atoms with Gasteiger partial charge < -0.3 is 0 Å². The zero-order chi connectivity index (χ0) is 11.8. The Morgan fingerprint density at radius 1 is 1.24 bits per heavy atom. The molecule has 0 bridgehead atoms. The number of allylic oxidation sites excluding steroid dienone is 1. The van der Waals surface area contributed by atoms with Crippen molar-refractivity contribution in [1.29, 1.82) is 0 Å². The van der Waals surface area contributed by atoms with Crippen molar-refractivity contribution < 1.29 is 4.79 Å². The Hall–Kier alpha value is -1.61. The molecule has 2 nitrogen and oxygen atoms in total. The van der Waals surface area contributed by atoms with Gasteiger partial charge in [-0.25, -0.2) is 4.99 Å². The van der Waals surface area contributed by atoms with Crippen LogP contribution in [0.3, 0.4) is 0 Å². The molecule has 0 fully saturated rings. The number of thioether (sulfide) groups is 1. The van der Waals surface area contributed by atoms with Gasteiger partial charge in [-0.1, -0.05) is 35.9 Å². The monoisotopic (exact) mass is 241 g/mol. The summed E-state index contributed by atoms with van der Waals surface area (Å²) in [5.74, 6) is 0.770. The van der Waals surface area contributed by atoms with Gasteiger partial charge >= 0.3 is 0 Å². The van der Waals surface area contributed by atoms with Crippen molar-refractivity contribution in [2.75, 3.05) is 5.75 Å². The Kier molecular flexibility index (Phi) is 2.48. The van der Waals surface area contributed by atoms with E-state index in [4.69, 9.17) is 0 Å². The van der Waals surface area contributed by atoms with Gasteiger partial charge in [-0.2, -0.15) is 0 Å². The number of hydrogen-bond acceptors (Lipinski definition) is 2. The normalized spacial score (nSPS) is 18.4. The van der Waals surface area contributed by atoms with Crippen molar-refractivity contribution >= 4 is 23.4 Å². The van der Waals surface area contributed by atoms with Gasteiger partial charge in [0.05, 0.1) is 11.3 Å². The minimum atomic E-state index is -0.108. The fourth-order valence-corrected chi connectivity index (χ4v) is 2.85. The minimum Gasteiger partial charge on any atom is -0.267 e. The molecule has 2 aliphatic heterocycles. The topological polar surface area (TPSA) is 29.4 Å². The first kappa shape index (κ1) is 10.5. The van der Waals surface area contributed by atoms with Crippen LogP contribution in [-0.4, -0.2) is 17.4 Å². The molecule has 0 aliphatic carbocycles. The Morgan fingerprint density at radius 3 is 2.76 bits per heavy atom. The summed E-state index contributed by atoms with van der Waals surface area (Å²) in [5, 5.41) is 0. The van der Waals surface area contributed by atoms with Gasteiger partial charge in [0.1, 0.15) is 0 Å². The number of aliphatic imine (C=N–C) groups is 1. The maximum Gasteiger partial charge on any atom is 0.278 e. The molecular weight excluding hydrogens is 230 g/mol. The number of rotatable bonds is 1. The van der Waals surface area contributed by atoms with E-state index in [-0.39, 0.29) is 5.91 Å². The summed E-state index contributed by atoms with van der Waals surface area (Å²) >= 11 is 1.70. The zero-order valence-corrected chi connectivity index (χ0v) is 10.3. The molecule has 0 aromatic heterocycles. The summed E-state index contributed by atoms with van der Waals surface area (Å²) in [6.07, 6.45) is 3.96. The SMILES string of the molecule is Cc1ccc(C2=NC(=O)C3=CCSC3=C2)cc1. The molecule has 84 valence electrons. The van der Waals surface area contributed by atoms with E-state index in [2.05, 4.69) is 4.99 Å². The molecule has 2 heterocycles. The number of hydrogen-bond donors (Lipinski definition) is 0. The van der Waals surface area contributed by atoms with E-state index in [1.54, 1.807) is 11.8 Å². The zero-order valence-electron chi connectivity index (χ0n) is 9.43. The highest BCUT2D eigenvalue weighted by Gasteiger charge is 2.24. The maximum absolute atomic E-state index is 11.8. The summed E-state index contributed by atoms with van der Waals surface area (Å²) in [4.78, 5) is 17.0. The van der Waals surface area contributed by atoms with Crippen LogP contribution >= 0.6 is 11.8 Å². The van der Waals surface area contributed by atoms with Crippen LogP contribution in [0.1, 0.15) is 11.1 Å². The third kappa shape index (κ3) is 1.87. The first-order valence-corrected chi connectivity index (χ1v) is 6.48. The number of carbonyl (C=O) groups excluding carboxylic acids is 1. The van der Waals surface area contributed by atoms with E-state index >= 15 is 0 Å². The number of carbonyl (C=O) groups is 1.